The van der Waals surface area contributed by atoms with Crippen LogP contribution in [-0.2, 0) is 11.2 Å². The Kier molecular flexibility index (Phi) is 4.25. The highest BCUT2D eigenvalue weighted by molar-refractivity contribution is 5.85. The molecule has 2 aromatic heterocycles. The van der Waals surface area contributed by atoms with Crippen LogP contribution in [0.1, 0.15) is 23.7 Å². The first-order chi connectivity index (χ1) is 8.81. The van der Waals surface area contributed by atoms with Crippen molar-refractivity contribution in [2.24, 2.45) is 5.73 Å². The third-order valence-electron chi connectivity index (χ3n) is 2.89. The highest BCUT2D eigenvalue weighted by Gasteiger charge is 2.20. The molecule has 0 aromatic carbocycles. The smallest absolute Gasteiger partial charge is 0.145 e. The molecule has 0 aliphatic carbocycles. The number of nitrogens with zero attached hydrogens (tertiary/aromatic N) is 1. The number of hydrogen-bond acceptors (Lipinski definition) is 4. The topological polar surface area (TPSA) is 69.1 Å². The number of rotatable bonds is 6. The Morgan fingerprint density at radius 2 is 2.28 bits per heavy atom. The molecule has 0 fully saturated rings. The number of pyridine rings is 1. The standard InChI is InChI=1S/C14H16N2O2/c15-9-12(14-4-2-8-18-14)13(17)6-5-11-3-1-7-16-10-11/h1-4,7-8,10,12H,5-6,9,15H2/t12-/m0/s1. The van der Waals surface area contributed by atoms with Gasteiger partial charge in [-0.2, -0.15) is 0 Å². The van der Waals surface area contributed by atoms with Crippen LogP contribution in [0.15, 0.2) is 47.3 Å². The molecule has 0 aliphatic rings. The summed E-state index contributed by atoms with van der Waals surface area (Å²) >= 11 is 0. The lowest BCUT2D eigenvalue weighted by Gasteiger charge is -2.10. The molecule has 0 radical (unpaired) electrons. The van der Waals surface area contributed by atoms with Gasteiger partial charge in [-0.1, -0.05) is 6.07 Å². The number of hydrogen-bond donors (Lipinski definition) is 1. The van der Waals surface area contributed by atoms with Crippen molar-refractivity contribution in [2.75, 3.05) is 6.54 Å². The molecule has 0 bridgehead atoms. The van der Waals surface area contributed by atoms with E-state index in [0.29, 0.717) is 18.6 Å². The number of furan rings is 1. The molecule has 2 aromatic rings. The molecule has 18 heavy (non-hydrogen) atoms. The van der Waals surface area contributed by atoms with Crippen molar-refractivity contribution in [3.05, 3.63) is 54.2 Å². The summed E-state index contributed by atoms with van der Waals surface area (Å²) in [5.74, 6) is 0.418. The minimum Gasteiger partial charge on any atom is -0.469 e. The van der Waals surface area contributed by atoms with Crippen molar-refractivity contribution in [3.8, 4) is 0 Å². The van der Waals surface area contributed by atoms with Crippen LogP contribution in [0.3, 0.4) is 0 Å². The van der Waals surface area contributed by atoms with E-state index in [4.69, 9.17) is 10.2 Å². The molecule has 0 amide bonds. The fourth-order valence-electron chi connectivity index (χ4n) is 1.88. The number of carbonyl (C=O) groups excluding carboxylic acids is 1. The highest BCUT2D eigenvalue weighted by Crippen LogP contribution is 2.18. The van der Waals surface area contributed by atoms with Gasteiger partial charge in [0.1, 0.15) is 11.5 Å². The van der Waals surface area contributed by atoms with Crippen LogP contribution in [-0.4, -0.2) is 17.3 Å². The summed E-state index contributed by atoms with van der Waals surface area (Å²) in [6, 6.07) is 7.39. The zero-order valence-corrected chi connectivity index (χ0v) is 10.1. The summed E-state index contributed by atoms with van der Waals surface area (Å²) in [7, 11) is 0. The number of carbonyl (C=O) groups is 1. The Morgan fingerprint density at radius 1 is 1.39 bits per heavy atom. The second-order valence-corrected chi connectivity index (χ2v) is 4.13. The molecule has 0 unspecified atom stereocenters. The van der Waals surface area contributed by atoms with Crippen LogP contribution in [0.4, 0.5) is 0 Å². The van der Waals surface area contributed by atoms with Gasteiger partial charge in [-0.15, -0.1) is 0 Å². The van der Waals surface area contributed by atoms with Gasteiger partial charge in [-0.25, -0.2) is 0 Å². The van der Waals surface area contributed by atoms with Crippen LogP contribution in [0.2, 0.25) is 0 Å². The largest absolute Gasteiger partial charge is 0.469 e. The van der Waals surface area contributed by atoms with Crippen LogP contribution >= 0.6 is 0 Å². The van der Waals surface area contributed by atoms with Gasteiger partial charge in [0.05, 0.1) is 12.2 Å². The number of Topliss-reactive ketones (excluding diaryl/α,β-unsaturated/α-hetero) is 1. The predicted molar refractivity (Wildman–Crippen MR) is 68.1 cm³/mol. The number of nitrogens with two attached hydrogens (primary N) is 1. The second kappa shape index (κ2) is 6.12. The van der Waals surface area contributed by atoms with Gasteiger partial charge < -0.3 is 10.2 Å². The molecule has 94 valence electrons. The maximum Gasteiger partial charge on any atom is 0.145 e. The third kappa shape index (κ3) is 3.05. The van der Waals surface area contributed by atoms with Crippen LogP contribution < -0.4 is 5.73 Å². The van der Waals surface area contributed by atoms with E-state index in [2.05, 4.69) is 4.98 Å². The fraction of sp³-hybridized carbons (Fsp3) is 0.286. The average Bonchev–Trinajstić information content (AvgIpc) is 2.92. The van der Waals surface area contributed by atoms with Crippen molar-refractivity contribution in [3.63, 3.8) is 0 Å². The normalized spacial score (nSPS) is 12.3. The van der Waals surface area contributed by atoms with E-state index in [9.17, 15) is 4.79 Å². The maximum absolute atomic E-state index is 12.1. The molecule has 0 saturated heterocycles. The monoisotopic (exact) mass is 244 g/mol. The van der Waals surface area contributed by atoms with Gasteiger partial charge >= 0.3 is 0 Å². The van der Waals surface area contributed by atoms with Gasteiger partial charge in [-0.3, -0.25) is 9.78 Å². The van der Waals surface area contributed by atoms with Crippen LogP contribution in [0.25, 0.3) is 0 Å². The van der Waals surface area contributed by atoms with E-state index in [0.717, 1.165) is 5.56 Å². The number of aryl methyl sites for hydroxylation is 1. The Morgan fingerprint density at radius 3 is 2.89 bits per heavy atom. The Hall–Kier alpha value is -1.94. The molecule has 4 nitrogen and oxygen atoms in total. The zero-order chi connectivity index (χ0) is 12.8. The minimum atomic E-state index is -0.336. The molecular formula is C14H16N2O2. The molecule has 2 rings (SSSR count). The third-order valence-corrected chi connectivity index (χ3v) is 2.89. The molecule has 2 heterocycles. The lowest BCUT2D eigenvalue weighted by Crippen LogP contribution is -2.21. The Labute approximate surface area is 106 Å². The summed E-state index contributed by atoms with van der Waals surface area (Å²) < 4.78 is 5.25. The van der Waals surface area contributed by atoms with E-state index >= 15 is 0 Å². The molecule has 0 spiro atoms. The average molecular weight is 244 g/mol. The highest BCUT2D eigenvalue weighted by atomic mass is 16.3. The van der Waals surface area contributed by atoms with Crippen molar-refractivity contribution in [2.45, 2.75) is 18.8 Å². The van der Waals surface area contributed by atoms with Crippen molar-refractivity contribution in [1.29, 1.82) is 0 Å². The minimum absolute atomic E-state index is 0.108. The van der Waals surface area contributed by atoms with E-state index < -0.39 is 0 Å². The zero-order valence-electron chi connectivity index (χ0n) is 10.1. The summed E-state index contributed by atoms with van der Waals surface area (Å²) in [4.78, 5) is 16.1. The van der Waals surface area contributed by atoms with E-state index in [1.807, 2.05) is 12.1 Å². The number of ketones is 1. The summed E-state index contributed by atoms with van der Waals surface area (Å²) in [6.07, 6.45) is 6.19. The first-order valence-corrected chi connectivity index (χ1v) is 5.96. The summed E-state index contributed by atoms with van der Waals surface area (Å²) in [5, 5.41) is 0. The second-order valence-electron chi connectivity index (χ2n) is 4.13. The van der Waals surface area contributed by atoms with Gasteiger partial charge in [0, 0.05) is 25.4 Å². The molecule has 0 saturated carbocycles. The first-order valence-electron chi connectivity index (χ1n) is 5.96. The first kappa shape index (κ1) is 12.5. The van der Waals surface area contributed by atoms with E-state index in [1.165, 1.54) is 0 Å². The van der Waals surface area contributed by atoms with Crippen molar-refractivity contribution < 1.29 is 9.21 Å². The molecule has 4 heteroatoms. The maximum atomic E-state index is 12.1. The van der Waals surface area contributed by atoms with Crippen LogP contribution in [0, 0.1) is 0 Å². The molecule has 0 aliphatic heterocycles. The Bertz CT molecular complexity index is 480. The predicted octanol–water partition coefficient (Wildman–Crippen LogP) is 1.92. The lowest BCUT2D eigenvalue weighted by atomic mass is 9.96. The van der Waals surface area contributed by atoms with E-state index in [-0.39, 0.29) is 18.2 Å². The summed E-state index contributed by atoms with van der Waals surface area (Å²) in [6.45, 7) is 0.277. The fourth-order valence-corrected chi connectivity index (χ4v) is 1.88. The van der Waals surface area contributed by atoms with Crippen molar-refractivity contribution in [1.82, 2.24) is 4.98 Å². The van der Waals surface area contributed by atoms with Crippen LogP contribution in [0.5, 0.6) is 0 Å². The quantitative estimate of drug-likeness (QED) is 0.842. The molecule has 1 atom stereocenters. The summed E-state index contributed by atoms with van der Waals surface area (Å²) in [5.41, 5.74) is 6.70. The van der Waals surface area contributed by atoms with Gasteiger partial charge in [0.25, 0.3) is 0 Å². The molecular weight excluding hydrogens is 228 g/mol. The van der Waals surface area contributed by atoms with Gasteiger partial charge in [-0.05, 0) is 30.2 Å². The van der Waals surface area contributed by atoms with Crippen molar-refractivity contribution >= 4 is 5.78 Å². The van der Waals surface area contributed by atoms with Gasteiger partial charge in [0.15, 0.2) is 0 Å². The SMILES string of the molecule is NC[C@@H](C(=O)CCc1cccnc1)c1ccco1. The van der Waals surface area contributed by atoms with E-state index in [1.54, 1.807) is 30.8 Å². The molecule has 2 N–H and O–H groups in total. The van der Waals surface area contributed by atoms with Gasteiger partial charge in [0.2, 0.25) is 0 Å². The Balaban J connectivity index is 1.95. The lowest BCUT2D eigenvalue weighted by molar-refractivity contribution is -0.120. The number of aromatic nitrogens is 1.